The fourth-order valence-electron chi connectivity index (χ4n) is 2.34. The fraction of sp³-hybridized carbons (Fsp3) is 0.214. The van der Waals surface area contributed by atoms with Crippen LogP contribution in [-0.2, 0) is 13.0 Å². The number of nitrogens with zero attached hydrogens (tertiary/aromatic N) is 1. The van der Waals surface area contributed by atoms with Gasteiger partial charge in [-0.1, -0.05) is 11.6 Å². The van der Waals surface area contributed by atoms with Gasteiger partial charge in [-0.25, -0.2) is 0 Å². The highest BCUT2D eigenvalue weighted by atomic mass is 35.5. The van der Waals surface area contributed by atoms with Crippen molar-refractivity contribution in [2.45, 2.75) is 13.0 Å². The van der Waals surface area contributed by atoms with Crippen molar-refractivity contribution in [3.05, 3.63) is 50.7 Å². The number of halogens is 1. The maximum Gasteiger partial charge on any atom is 0.152 e. The molecule has 0 unspecified atom stereocenters. The van der Waals surface area contributed by atoms with E-state index in [1.165, 1.54) is 10.4 Å². The Balaban J connectivity index is 1.97. The van der Waals surface area contributed by atoms with E-state index in [1.54, 1.807) is 12.1 Å². The summed E-state index contributed by atoms with van der Waals surface area (Å²) in [5.74, 6) is 0. The van der Waals surface area contributed by atoms with Gasteiger partial charge in [-0.2, -0.15) is 0 Å². The van der Waals surface area contributed by atoms with Crippen molar-refractivity contribution in [1.82, 2.24) is 0 Å². The number of hydrogen-bond donors (Lipinski definition) is 0. The van der Waals surface area contributed by atoms with E-state index in [-0.39, 0.29) is 0 Å². The molecule has 0 radical (unpaired) electrons. The first-order chi connectivity index (χ1) is 8.78. The van der Waals surface area contributed by atoms with E-state index in [0.717, 1.165) is 31.5 Å². The van der Waals surface area contributed by atoms with Gasteiger partial charge >= 0.3 is 0 Å². The van der Waals surface area contributed by atoms with E-state index >= 15 is 0 Å². The molecule has 0 N–H and O–H groups in total. The number of hydrogen-bond acceptors (Lipinski definition) is 3. The van der Waals surface area contributed by atoms with Gasteiger partial charge in [0.25, 0.3) is 0 Å². The number of anilines is 1. The molecule has 3 rings (SSSR count). The summed E-state index contributed by atoms with van der Waals surface area (Å²) in [6, 6.07) is 7.59. The number of aldehydes is 1. The number of benzene rings is 1. The SMILES string of the molecule is O=Cc1ccc(Cl)cc1N1CCc2sccc2C1. The van der Waals surface area contributed by atoms with E-state index in [9.17, 15) is 4.79 Å². The lowest BCUT2D eigenvalue weighted by Crippen LogP contribution is -2.30. The lowest BCUT2D eigenvalue weighted by molar-refractivity contribution is 0.112. The largest absolute Gasteiger partial charge is 0.366 e. The maximum atomic E-state index is 11.1. The minimum absolute atomic E-state index is 0.673. The molecule has 0 aliphatic carbocycles. The van der Waals surface area contributed by atoms with Gasteiger partial charge in [0.05, 0.1) is 0 Å². The number of fused-ring (bicyclic) bond motifs is 1. The second-order valence-corrected chi connectivity index (χ2v) is 5.80. The zero-order valence-corrected chi connectivity index (χ0v) is 11.3. The first-order valence-electron chi connectivity index (χ1n) is 5.83. The molecule has 2 heterocycles. The summed E-state index contributed by atoms with van der Waals surface area (Å²) in [5.41, 5.74) is 3.01. The van der Waals surface area contributed by atoms with Gasteiger partial charge in [0.15, 0.2) is 6.29 Å². The summed E-state index contributed by atoms with van der Waals surface area (Å²) in [6.45, 7) is 1.80. The Morgan fingerprint density at radius 2 is 2.22 bits per heavy atom. The van der Waals surface area contributed by atoms with E-state index in [2.05, 4.69) is 16.3 Å². The number of carbonyl (C=O) groups excluding carboxylic acids is 1. The first kappa shape index (κ1) is 11.8. The Morgan fingerprint density at radius 3 is 3.06 bits per heavy atom. The first-order valence-corrected chi connectivity index (χ1v) is 7.08. The van der Waals surface area contributed by atoms with Crippen LogP contribution >= 0.6 is 22.9 Å². The minimum Gasteiger partial charge on any atom is -0.366 e. The van der Waals surface area contributed by atoms with Crippen molar-refractivity contribution in [3.63, 3.8) is 0 Å². The quantitative estimate of drug-likeness (QED) is 0.779. The normalized spacial score (nSPS) is 14.4. The highest BCUT2D eigenvalue weighted by Crippen LogP contribution is 2.30. The Hall–Kier alpha value is -1.32. The fourth-order valence-corrected chi connectivity index (χ4v) is 3.40. The Labute approximate surface area is 115 Å². The number of thiophene rings is 1. The van der Waals surface area contributed by atoms with Crippen LogP contribution in [0, 0.1) is 0 Å². The average molecular weight is 278 g/mol. The van der Waals surface area contributed by atoms with Gasteiger partial charge < -0.3 is 4.90 Å². The van der Waals surface area contributed by atoms with Gasteiger partial charge in [0.1, 0.15) is 0 Å². The summed E-state index contributed by atoms with van der Waals surface area (Å²) in [7, 11) is 0. The third-order valence-corrected chi connectivity index (χ3v) is 4.53. The van der Waals surface area contributed by atoms with Crippen molar-refractivity contribution < 1.29 is 4.79 Å². The van der Waals surface area contributed by atoms with Crippen molar-refractivity contribution in [2.75, 3.05) is 11.4 Å². The van der Waals surface area contributed by atoms with Gasteiger partial charge in [-0.15, -0.1) is 11.3 Å². The van der Waals surface area contributed by atoms with Gasteiger partial charge in [0.2, 0.25) is 0 Å². The van der Waals surface area contributed by atoms with Crippen LogP contribution in [0.2, 0.25) is 5.02 Å². The molecule has 0 atom stereocenters. The van der Waals surface area contributed by atoms with E-state index in [1.807, 2.05) is 17.4 Å². The van der Waals surface area contributed by atoms with Crippen LogP contribution < -0.4 is 4.90 Å². The summed E-state index contributed by atoms with van der Waals surface area (Å²) in [6.07, 6.45) is 1.94. The zero-order valence-electron chi connectivity index (χ0n) is 9.73. The summed E-state index contributed by atoms with van der Waals surface area (Å²) < 4.78 is 0. The Bertz CT molecular complexity index is 593. The lowest BCUT2D eigenvalue weighted by atomic mass is 10.1. The monoisotopic (exact) mass is 277 g/mol. The van der Waals surface area contributed by atoms with Gasteiger partial charge in [-0.05, 0) is 41.6 Å². The van der Waals surface area contributed by atoms with Crippen molar-refractivity contribution in [2.24, 2.45) is 0 Å². The molecule has 0 saturated carbocycles. The smallest absolute Gasteiger partial charge is 0.152 e. The molecule has 18 heavy (non-hydrogen) atoms. The zero-order chi connectivity index (χ0) is 12.5. The lowest BCUT2D eigenvalue weighted by Gasteiger charge is -2.30. The average Bonchev–Trinajstić information content (AvgIpc) is 2.85. The third-order valence-electron chi connectivity index (χ3n) is 3.27. The van der Waals surface area contributed by atoms with Crippen LogP contribution in [-0.4, -0.2) is 12.8 Å². The topological polar surface area (TPSA) is 20.3 Å². The predicted molar refractivity (Wildman–Crippen MR) is 75.9 cm³/mol. The molecule has 2 aromatic rings. The second-order valence-electron chi connectivity index (χ2n) is 4.36. The second kappa shape index (κ2) is 4.75. The van der Waals surface area contributed by atoms with E-state index in [0.29, 0.717) is 10.6 Å². The molecule has 0 amide bonds. The molecule has 1 aromatic carbocycles. The molecule has 0 bridgehead atoms. The standard InChI is InChI=1S/C14H12ClNOS/c15-12-2-1-11(9-17)13(7-12)16-5-3-14-10(8-16)4-6-18-14/h1-2,4,6-7,9H,3,5,8H2. The Morgan fingerprint density at radius 1 is 1.33 bits per heavy atom. The Kier molecular flexibility index (Phi) is 3.10. The molecule has 0 fully saturated rings. The third kappa shape index (κ3) is 2.04. The summed E-state index contributed by atoms with van der Waals surface area (Å²) >= 11 is 7.85. The van der Waals surface area contributed by atoms with E-state index < -0.39 is 0 Å². The number of rotatable bonds is 2. The molecular formula is C14H12ClNOS. The maximum absolute atomic E-state index is 11.1. The molecule has 1 aliphatic rings. The molecule has 0 spiro atoms. The van der Waals surface area contributed by atoms with Crippen molar-refractivity contribution in [1.29, 1.82) is 0 Å². The van der Waals surface area contributed by atoms with Crippen LogP contribution in [0.25, 0.3) is 0 Å². The van der Waals surface area contributed by atoms with Crippen LogP contribution in [0.3, 0.4) is 0 Å². The van der Waals surface area contributed by atoms with Crippen molar-refractivity contribution in [3.8, 4) is 0 Å². The van der Waals surface area contributed by atoms with Crippen LogP contribution in [0.1, 0.15) is 20.8 Å². The molecule has 1 aromatic heterocycles. The molecule has 1 aliphatic heterocycles. The van der Waals surface area contributed by atoms with Crippen molar-refractivity contribution >= 4 is 34.9 Å². The van der Waals surface area contributed by atoms with Crippen LogP contribution in [0.5, 0.6) is 0 Å². The molecule has 92 valence electrons. The molecule has 2 nitrogen and oxygen atoms in total. The molecular weight excluding hydrogens is 266 g/mol. The van der Waals surface area contributed by atoms with Gasteiger partial charge in [0, 0.05) is 34.2 Å². The number of carbonyl (C=O) groups is 1. The van der Waals surface area contributed by atoms with Crippen LogP contribution in [0.15, 0.2) is 29.6 Å². The van der Waals surface area contributed by atoms with Crippen LogP contribution in [0.4, 0.5) is 5.69 Å². The predicted octanol–water partition coefficient (Wildman–Crippen LogP) is 3.78. The minimum atomic E-state index is 0.673. The highest BCUT2D eigenvalue weighted by Gasteiger charge is 2.19. The van der Waals surface area contributed by atoms with Gasteiger partial charge in [-0.3, -0.25) is 4.79 Å². The molecule has 0 saturated heterocycles. The van der Waals surface area contributed by atoms with E-state index in [4.69, 9.17) is 11.6 Å². The summed E-state index contributed by atoms with van der Waals surface area (Å²) in [4.78, 5) is 14.8. The summed E-state index contributed by atoms with van der Waals surface area (Å²) in [5, 5.41) is 2.80. The molecule has 4 heteroatoms. The highest BCUT2D eigenvalue weighted by molar-refractivity contribution is 7.10.